The van der Waals surface area contributed by atoms with Crippen molar-refractivity contribution in [2.45, 2.75) is 4.21 Å². The van der Waals surface area contributed by atoms with Crippen molar-refractivity contribution in [1.82, 2.24) is 14.5 Å². The van der Waals surface area contributed by atoms with Gasteiger partial charge in [0.25, 0.3) is 10.0 Å². The van der Waals surface area contributed by atoms with Gasteiger partial charge in [-0.05, 0) is 11.4 Å². The lowest BCUT2D eigenvalue weighted by Crippen LogP contribution is -2.34. The maximum atomic E-state index is 12.1. The van der Waals surface area contributed by atoms with Gasteiger partial charge in [-0.15, -0.1) is 11.3 Å². The fourth-order valence-corrected chi connectivity index (χ4v) is 3.70. The highest BCUT2D eigenvalue weighted by molar-refractivity contribution is 7.91. The molecule has 0 fully saturated rings. The molecule has 0 saturated carbocycles. The molecule has 2 aromatic rings. The standard InChI is InChI=1S/C10H12N4O3S2/c1-14(19(16,17)10-3-2-4-18-10)7-9(15)13-8-5-11-12-6-8/h2-6H,7H2,1H3,(H,11,12)(H,13,15). The lowest BCUT2D eigenvalue weighted by molar-refractivity contribution is -0.116. The van der Waals surface area contributed by atoms with E-state index in [1.807, 2.05) is 0 Å². The summed E-state index contributed by atoms with van der Waals surface area (Å²) < 4.78 is 25.4. The van der Waals surface area contributed by atoms with Crippen LogP contribution in [0.4, 0.5) is 5.69 Å². The quantitative estimate of drug-likeness (QED) is 0.851. The molecular weight excluding hydrogens is 288 g/mol. The van der Waals surface area contributed by atoms with E-state index in [0.717, 1.165) is 15.6 Å². The summed E-state index contributed by atoms with van der Waals surface area (Å²) in [5, 5.41) is 10.4. The molecule has 19 heavy (non-hydrogen) atoms. The molecule has 0 bridgehead atoms. The van der Waals surface area contributed by atoms with Crippen LogP contribution in [0.2, 0.25) is 0 Å². The summed E-state index contributed by atoms with van der Waals surface area (Å²) in [5.74, 6) is -0.427. The molecule has 2 N–H and O–H groups in total. The molecular formula is C10H12N4O3S2. The van der Waals surface area contributed by atoms with Gasteiger partial charge in [0.15, 0.2) is 0 Å². The lowest BCUT2D eigenvalue weighted by Gasteiger charge is -2.15. The second-order valence-corrected chi connectivity index (χ2v) is 6.95. The molecule has 7 nitrogen and oxygen atoms in total. The minimum absolute atomic E-state index is 0.214. The summed E-state index contributed by atoms with van der Waals surface area (Å²) in [5.41, 5.74) is 0.493. The molecule has 0 saturated heterocycles. The minimum atomic E-state index is -3.60. The normalized spacial score (nSPS) is 11.7. The van der Waals surface area contributed by atoms with E-state index in [9.17, 15) is 13.2 Å². The summed E-state index contributed by atoms with van der Waals surface area (Å²) in [6, 6.07) is 3.15. The molecule has 102 valence electrons. The Morgan fingerprint density at radius 2 is 2.37 bits per heavy atom. The fraction of sp³-hybridized carbons (Fsp3) is 0.200. The van der Waals surface area contributed by atoms with Crippen molar-refractivity contribution >= 4 is 33.0 Å². The number of nitrogens with one attached hydrogen (secondary N) is 2. The Balaban J connectivity index is 2.01. The van der Waals surface area contributed by atoms with E-state index in [0.29, 0.717) is 5.69 Å². The van der Waals surface area contributed by atoms with Crippen LogP contribution in [0.25, 0.3) is 0 Å². The van der Waals surface area contributed by atoms with Gasteiger partial charge in [0, 0.05) is 13.2 Å². The first-order chi connectivity index (χ1) is 9.00. The average molecular weight is 300 g/mol. The Morgan fingerprint density at radius 1 is 1.58 bits per heavy atom. The van der Waals surface area contributed by atoms with Crippen LogP contribution < -0.4 is 5.32 Å². The van der Waals surface area contributed by atoms with E-state index in [4.69, 9.17) is 0 Å². The number of carbonyl (C=O) groups is 1. The van der Waals surface area contributed by atoms with Crippen LogP contribution >= 0.6 is 11.3 Å². The highest BCUT2D eigenvalue weighted by Gasteiger charge is 2.23. The van der Waals surface area contributed by atoms with Crippen molar-refractivity contribution < 1.29 is 13.2 Å². The molecule has 0 aliphatic rings. The van der Waals surface area contributed by atoms with Gasteiger partial charge in [-0.25, -0.2) is 8.42 Å². The number of hydrogen-bond donors (Lipinski definition) is 2. The zero-order valence-corrected chi connectivity index (χ0v) is 11.7. The van der Waals surface area contributed by atoms with Crippen LogP contribution in [0.5, 0.6) is 0 Å². The van der Waals surface area contributed by atoms with Crippen LogP contribution in [0, 0.1) is 0 Å². The maximum Gasteiger partial charge on any atom is 0.252 e. The highest BCUT2D eigenvalue weighted by Crippen LogP contribution is 2.19. The summed E-state index contributed by atoms with van der Waals surface area (Å²) in [6.07, 6.45) is 2.94. The van der Waals surface area contributed by atoms with Crippen molar-refractivity contribution in [3.63, 3.8) is 0 Å². The molecule has 2 aromatic heterocycles. The summed E-state index contributed by atoms with van der Waals surface area (Å²) in [4.78, 5) is 11.7. The number of thiophene rings is 1. The Kier molecular flexibility index (Phi) is 3.98. The number of hydrogen-bond acceptors (Lipinski definition) is 5. The number of carbonyl (C=O) groups excluding carboxylic acids is 1. The van der Waals surface area contributed by atoms with Crippen LogP contribution in [0.15, 0.2) is 34.1 Å². The van der Waals surface area contributed by atoms with Gasteiger partial charge < -0.3 is 5.32 Å². The molecule has 0 spiro atoms. The van der Waals surface area contributed by atoms with Gasteiger partial charge in [-0.2, -0.15) is 9.40 Å². The molecule has 0 atom stereocenters. The predicted molar refractivity (Wildman–Crippen MR) is 71.4 cm³/mol. The van der Waals surface area contributed by atoms with E-state index >= 15 is 0 Å². The third-order valence-corrected chi connectivity index (χ3v) is 5.48. The predicted octanol–water partition coefficient (Wildman–Crippen LogP) is 0.730. The minimum Gasteiger partial charge on any atom is -0.322 e. The zero-order chi connectivity index (χ0) is 13.9. The molecule has 0 aromatic carbocycles. The number of nitrogens with zero attached hydrogens (tertiary/aromatic N) is 2. The SMILES string of the molecule is CN(CC(=O)Nc1cn[nH]c1)S(=O)(=O)c1cccs1. The molecule has 1 amide bonds. The summed E-state index contributed by atoms with van der Waals surface area (Å²) in [7, 11) is -2.24. The van der Waals surface area contributed by atoms with Crippen LogP contribution in [-0.2, 0) is 14.8 Å². The second kappa shape index (κ2) is 5.51. The number of anilines is 1. The second-order valence-electron chi connectivity index (χ2n) is 3.73. The van der Waals surface area contributed by atoms with Crippen LogP contribution in [0.1, 0.15) is 0 Å². The highest BCUT2D eigenvalue weighted by atomic mass is 32.2. The maximum absolute atomic E-state index is 12.1. The topological polar surface area (TPSA) is 95.2 Å². The van der Waals surface area contributed by atoms with E-state index in [1.165, 1.54) is 25.5 Å². The van der Waals surface area contributed by atoms with Crippen molar-refractivity contribution in [3.05, 3.63) is 29.9 Å². The number of amides is 1. The molecule has 0 aliphatic carbocycles. The van der Waals surface area contributed by atoms with E-state index in [-0.39, 0.29) is 10.8 Å². The molecule has 0 aliphatic heterocycles. The van der Waals surface area contributed by atoms with Crippen molar-refractivity contribution in [2.24, 2.45) is 0 Å². The third kappa shape index (κ3) is 3.19. The average Bonchev–Trinajstić information content (AvgIpc) is 3.00. The number of aromatic nitrogens is 2. The lowest BCUT2D eigenvalue weighted by atomic mass is 10.5. The molecule has 2 rings (SSSR count). The summed E-state index contributed by atoms with van der Waals surface area (Å²) >= 11 is 1.11. The van der Waals surface area contributed by atoms with Gasteiger partial charge in [-0.1, -0.05) is 6.07 Å². The summed E-state index contributed by atoms with van der Waals surface area (Å²) in [6.45, 7) is -0.259. The third-order valence-electron chi connectivity index (χ3n) is 2.31. The Labute approximate surface area is 114 Å². The Hall–Kier alpha value is -1.71. The van der Waals surface area contributed by atoms with Crippen LogP contribution in [-0.4, -0.2) is 42.4 Å². The van der Waals surface area contributed by atoms with Gasteiger partial charge in [0.05, 0.1) is 18.4 Å². The number of rotatable bonds is 5. The first kappa shape index (κ1) is 13.7. The number of aromatic amines is 1. The number of sulfonamides is 1. The Bertz CT molecular complexity index is 634. The fourth-order valence-electron chi connectivity index (χ4n) is 1.37. The first-order valence-corrected chi connectivity index (χ1v) is 7.60. The van der Waals surface area contributed by atoms with Crippen molar-refractivity contribution in [3.8, 4) is 0 Å². The van der Waals surface area contributed by atoms with Gasteiger partial charge in [0.1, 0.15) is 4.21 Å². The smallest absolute Gasteiger partial charge is 0.252 e. The van der Waals surface area contributed by atoms with Gasteiger partial charge in [0.2, 0.25) is 5.91 Å². The molecule has 0 radical (unpaired) electrons. The van der Waals surface area contributed by atoms with Crippen LogP contribution in [0.3, 0.4) is 0 Å². The van der Waals surface area contributed by atoms with Gasteiger partial charge >= 0.3 is 0 Å². The van der Waals surface area contributed by atoms with E-state index in [1.54, 1.807) is 11.4 Å². The van der Waals surface area contributed by atoms with E-state index in [2.05, 4.69) is 15.5 Å². The molecule has 9 heteroatoms. The molecule has 2 heterocycles. The number of H-pyrrole nitrogens is 1. The van der Waals surface area contributed by atoms with E-state index < -0.39 is 15.9 Å². The largest absolute Gasteiger partial charge is 0.322 e. The molecule has 0 unspecified atom stereocenters. The van der Waals surface area contributed by atoms with Gasteiger partial charge in [-0.3, -0.25) is 9.89 Å². The zero-order valence-electron chi connectivity index (χ0n) is 10.0. The van der Waals surface area contributed by atoms with Crippen molar-refractivity contribution in [2.75, 3.05) is 18.9 Å². The first-order valence-electron chi connectivity index (χ1n) is 5.28. The Morgan fingerprint density at radius 3 is 2.95 bits per heavy atom. The van der Waals surface area contributed by atoms with Crippen molar-refractivity contribution in [1.29, 1.82) is 0 Å². The monoisotopic (exact) mass is 300 g/mol. The number of likely N-dealkylation sites (N-methyl/N-ethyl adjacent to an activating group) is 1.